The van der Waals surface area contributed by atoms with Gasteiger partial charge in [-0.25, -0.2) is 9.97 Å². The molecule has 1 aromatic heterocycles. The van der Waals surface area contributed by atoms with Gasteiger partial charge in [-0.15, -0.1) is 0 Å². The van der Waals surface area contributed by atoms with E-state index >= 15 is 0 Å². The summed E-state index contributed by atoms with van der Waals surface area (Å²) in [5, 5.41) is 0. The molecule has 20 heavy (non-hydrogen) atoms. The van der Waals surface area contributed by atoms with E-state index in [4.69, 9.17) is 9.47 Å². The SMILES string of the molecule is COC(OC)c1ccnc(Cc2ccc(C)c(C)c2)n1. The summed E-state index contributed by atoms with van der Waals surface area (Å²) in [4.78, 5) is 8.82. The Morgan fingerprint density at radius 3 is 2.45 bits per heavy atom. The molecule has 106 valence electrons. The highest BCUT2D eigenvalue weighted by Gasteiger charge is 2.11. The van der Waals surface area contributed by atoms with Crippen LogP contribution in [0.2, 0.25) is 0 Å². The van der Waals surface area contributed by atoms with Gasteiger partial charge in [-0.2, -0.15) is 0 Å². The maximum Gasteiger partial charge on any atom is 0.200 e. The number of benzene rings is 1. The normalized spacial score (nSPS) is 11.1. The Morgan fingerprint density at radius 2 is 1.80 bits per heavy atom. The van der Waals surface area contributed by atoms with Gasteiger partial charge < -0.3 is 9.47 Å². The van der Waals surface area contributed by atoms with Gasteiger partial charge in [0.15, 0.2) is 0 Å². The van der Waals surface area contributed by atoms with Crippen LogP contribution in [0, 0.1) is 13.8 Å². The lowest BCUT2D eigenvalue weighted by molar-refractivity contribution is -0.108. The number of hydrogen-bond donors (Lipinski definition) is 0. The van der Waals surface area contributed by atoms with Gasteiger partial charge in [0.05, 0.1) is 5.69 Å². The quantitative estimate of drug-likeness (QED) is 0.785. The minimum Gasteiger partial charge on any atom is -0.350 e. The van der Waals surface area contributed by atoms with Gasteiger partial charge >= 0.3 is 0 Å². The summed E-state index contributed by atoms with van der Waals surface area (Å²) >= 11 is 0. The molecule has 0 spiro atoms. The van der Waals surface area contributed by atoms with Crippen LogP contribution in [-0.4, -0.2) is 24.2 Å². The monoisotopic (exact) mass is 272 g/mol. The average molecular weight is 272 g/mol. The fourth-order valence-electron chi connectivity index (χ4n) is 2.07. The molecule has 0 fully saturated rings. The van der Waals surface area contributed by atoms with Crippen molar-refractivity contribution in [2.45, 2.75) is 26.6 Å². The van der Waals surface area contributed by atoms with Crippen molar-refractivity contribution in [3.63, 3.8) is 0 Å². The number of aromatic nitrogens is 2. The molecule has 4 heteroatoms. The van der Waals surface area contributed by atoms with E-state index in [1.807, 2.05) is 6.07 Å². The van der Waals surface area contributed by atoms with Crippen LogP contribution in [0.4, 0.5) is 0 Å². The van der Waals surface area contributed by atoms with Crippen LogP contribution in [0.25, 0.3) is 0 Å². The Morgan fingerprint density at radius 1 is 1.05 bits per heavy atom. The molecule has 0 atom stereocenters. The Kier molecular flexibility index (Phi) is 4.82. The highest BCUT2D eigenvalue weighted by Crippen LogP contribution is 2.16. The summed E-state index contributed by atoms with van der Waals surface area (Å²) in [6.07, 6.45) is 2.00. The second-order valence-electron chi connectivity index (χ2n) is 4.80. The van der Waals surface area contributed by atoms with Crippen LogP contribution >= 0.6 is 0 Å². The van der Waals surface area contributed by atoms with Crippen molar-refractivity contribution >= 4 is 0 Å². The number of nitrogens with zero attached hydrogens (tertiary/aromatic N) is 2. The first-order chi connectivity index (χ1) is 9.63. The Hall–Kier alpha value is -1.78. The number of hydrogen-bond acceptors (Lipinski definition) is 4. The second-order valence-corrected chi connectivity index (χ2v) is 4.80. The molecule has 0 N–H and O–H groups in total. The molecule has 0 aliphatic rings. The molecule has 0 aliphatic carbocycles. The smallest absolute Gasteiger partial charge is 0.200 e. The van der Waals surface area contributed by atoms with Gasteiger partial charge in [0, 0.05) is 26.8 Å². The topological polar surface area (TPSA) is 44.2 Å². The summed E-state index contributed by atoms with van der Waals surface area (Å²) in [7, 11) is 3.19. The van der Waals surface area contributed by atoms with Crippen LogP contribution < -0.4 is 0 Å². The highest BCUT2D eigenvalue weighted by molar-refractivity contribution is 5.31. The molecule has 4 nitrogen and oxygen atoms in total. The minimum absolute atomic E-state index is 0.448. The number of ether oxygens (including phenoxy) is 2. The molecule has 1 aromatic carbocycles. The summed E-state index contributed by atoms with van der Waals surface area (Å²) < 4.78 is 10.4. The van der Waals surface area contributed by atoms with E-state index in [0.29, 0.717) is 6.42 Å². The van der Waals surface area contributed by atoms with Crippen molar-refractivity contribution in [2.75, 3.05) is 14.2 Å². The molecule has 1 heterocycles. The molecular weight excluding hydrogens is 252 g/mol. The van der Waals surface area contributed by atoms with E-state index in [2.05, 4.69) is 42.0 Å². The van der Waals surface area contributed by atoms with Crippen molar-refractivity contribution < 1.29 is 9.47 Å². The maximum absolute atomic E-state index is 5.21. The van der Waals surface area contributed by atoms with Crippen LogP contribution in [0.1, 0.15) is 34.5 Å². The summed E-state index contributed by atoms with van der Waals surface area (Å²) in [6, 6.07) is 8.22. The first-order valence-corrected chi connectivity index (χ1v) is 6.57. The Labute approximate surface area is 119 Å². The molecule has 2 aromatic rings. The van der Waals surface area contributed by atoms with Gasteiger partial charge in [-0.05, 0) is 36.6 Å². The van der Waals surface area contributed by atoms with E-state index in [1.54, 1.807) is 20.4 Å². The van der Waals surface area contributed by atoms with Crippen molar-refractivity contribution in [2.24, 2.45) is 0 Å². The summed E-state index contributed by atoms with van der Waals surface area (Å²) in [5.41, 5.74) is 4.52. The average Bonchev–Trinajstić information content (AvgIpc) is 2.45. The molecule has 0 amide bonds. The van der Waals surface area contributed by atoms with Gasteiger partial charge in [0.1, 0.15) is 5.82 Å². The fraction of sp³-hybridized carbons (Fsp3) is 0.375. The lowest BCUT2D eigenvalue weighted by atomic mass is 10.0. The Balaban J connectivity index is 2.21. The van der Waals surface area contributed by atoms with Gasteiger partial charge in [-0.3, -0.25) is 0 Å². The lowest BCUT2D eigenvalue weighted by Gasteiger charge is -2.13. The third-order valence-corrected chi connectivity index (χ3v) is 3.33. The van der Waals surface area contributed by atoms with Gasteiger partial charge in [-0.1, -0.05) is 18.2 Å². The number of rotatable bonds is 5. The predicted molar refractivity (Wildman–Crippen MR) is 77.5 cm³/mol. The highest BCUT2D eigenvalue weighted by atomic mass is 16.7. The van der Waals surface area contributed by atoms with Crippen molar-refractivity contribution in [3.05, 3.63) is 58.7 Å². The number of aryl methyl sites for hydroxylation is 2. The molecule has 2 rings (SSSR count). The molecule has 0 unspecified atom stereocenters. The van der Waals surface area contributed by atoms with Crippen LogP contribution in [0.3, 0.4) is 0 Å². The van der Waals surface area contributed by atoms with Crippen molar-refractivity contribution in [1.82, 2.24) is 9.97 Å². The molecule has 0 radical (unpaired) electrons. The van der Waals surface area contributed by atoms with E-state index < -0.39 is 6.29 Å². The second kappa shape index (κ2) is 6.59. The third-order valence-electron chi connectivity index (χ3n) is 3.33. The zero-order valence-corrected chi connectivity index (χ0v) is 12.4. The molecular formula is C16H20N2O2. The maximum atomic E-state index is 5.21. The summed E-state index contributed by atoms with van der Waals surface area (Å²) in [5.74, 6) is 0.768. The standard InChI is InChI=1S/C16H20N2O2/c1-11-5-6-13(9-12(11)2)10-15-17-8-7-14(18-15)16(19-3)20-4/h5-9,16H,10H2,1-4H3. The van der Waals surface area contributed by atoms with Crippen molar-refractivity contribution in [1.29, 1.82) is 0 Å². The van der Waals surface area contributed by atoms with Gasteiger partial charge in [0.25, 0.3) is 0 Å². The molecule has 0 saturated carbocycles. The van der Waals surface area contributed by atoms with E-state index in [9.17, 15) is 0 Å². The lowest BCUT2D eigenvalue weighted by Crippen LogP contribution is -2.08. The zero-order valence-electron chi connectivity index (χ0n) is 12.4. The third kappa shape index (κ3) is 3.40. The minimum atomic E-state index is -0.448. The van der Waals surface area contributed by atoms with Crippen molar-refractivity contribution in [3.8, 4) is 0 Å². The summed E-state index contributed by atoms with van der Waals surface area (Å²) in [6.45, 7) is 4.22. The van der Waals surface area contributed by atoms with E-state index in [1.165, 1.54) is 16.7 Å². The predicted octanol–water partition coefficient (Wildman–Crippen LogP) is 2.98. The van der Waals surface area contributed by atoms with Crippen LogP contribution in [0.5, 0.6) is 0 Å². The van der Waals surface area contributed by atoms with Crippen LogP contribution in [0.15, 0.2) is 30.5 Å². The first kappa shape index (κ1) is 14.6. The van der Waals surface area contributed by atoms with Crippen LogP contribution in [-0.2, 0) is 15.9 Å². The molecule has 0 saturated heterocycles. The fourth-order valence-corrected chi connectivity index (χ4v) is 2.07. The zero-order chi connectivity index (χ0) is 14.5. The molecule has 0 bridgehead atoms. The molecule has 0 aliphatic heterocycles. The number of methoxy groups -OCH3 is 2. The largest absolute Gasteiger partial charge is 0.350 e. The van der Waals surface area contributed by atoms with E-state index in [-0.39, 0.29) is 0 Å². The van der Waals surface area contributed by atoms with Gasteiger partial charge in [0.2, 0.25) is 6.29 Å². The first-order valence-electron chi connectivity index (χ1n) is 6.57. The van der Waals surface area contributed by atoms with E-state index in [0.717, 1.165) is 11.5 Å². The Bertz CT molecular complexity index is 580.